The third kappa shape index (κ3) is 5.83. The summed E-state index contributed by atoms with van der Waals surface area (Å²) in [5, 5.41) is 5.63. The Balaban J connectivity index is 1.20. The molecule has 7 nitrogen and oxygen atoms in total. The van der Waals surface area contributed by atoms with Crippen LogP contribution in [0.4, 0.5) is 0 Å². The Bertz CT molecular complexity index is 1090. The van der Waals surface area contributed by atoms with Gasteiger partial charge in [0.15, 0.2) is 0 Å². The molecule has 0 spiro atoms. The van der Waals surface area contributed by atoms with Crippen molar-refractivity contribution in [2.75, 3.05) is 19.6 Å². The van der Waals surface area contributed by atoms with Crippen LogP contribution in [0.15, 0.2) is 79.1 Å². The zero-order chi connectivity index (χ0) is 23.0. The minimum absolute atomic E-state index is 0.0129. The lowest BCUT2D eigenvalue weighted by atomic mass is 10.0. The molecule has 2 heterocycles. The van der Waals surface area contributed by atoms with Gasteiger partial charge in [-0.1, -0.05) is 42.5 Å². The van der Waals surface area contributed by atoms with Gasteiger partial charge in [0.2, 0.25) is 5.91 Å². The van der Waals surface area contributed by atoms with Crippen LogP contribution in [0.2, 0.25) is 0 Å². The molecular weight excluding hydrogens is 416 g/mol. The average molecular weight is 443 g/mol. The maximum atomic E-state index is 12.5. The number of carbonyl (C=O) groups is 3. The number of rotatable bonds is 6. The van der Waals surface area contributed by atoms with Crippen molar-refractivity contribution >= 4 is 17.7 Å². The molecule has 0 unspecified atom stereocenters. The normalized spacial score (nSPS) is 13.9. The Hall–Kier alpha value is -4.00. The van der Waals surface area contributed by atoms with Gasteiger partial charge in [-0.05, 0) is 48.2 Å². The number of amides is 3. The van der Waals surface area contributed by atoms with Crippen LogP contribution in [0, 0.1) is 0 Å². The van der Waals surface area contributed by atoms with E-state index in [1.165, 1.54) is 0 Å². The number of piperidine rings is 1. The molecule has 3 aromatic rings. The zero-order valence-electron chi connectivity index (χ0n) is 18.2. The third-order valence-electron chi connectivity index (χ3n) is 5.74. The van der Waals surface area contributed by atoms with Gasteiger partial charge in [0.1, 0.15) is 0 Å². The summed E-state index contributed by atoms with van der Waals surface area (Å²) in [4.78, 5) is 42.9. The van der Waals surface area contributed by atoms with Crippen LogP contribution in [0.5, 0.6) is 0 Å². The number of likely N-dealkylation sites (tertiary alicyclic amines) is 1. The van der Waals surface area contributed by atoms with E-state index in [4.69, 9.17) is 0 Å². The average Bonchev–Trinajstić information content (AvgIpc) is 2.88. The predicted molar refractivity (Wildman–Crippen MR) is 126 cm³/mol. The quantitative estimate of drug-likeness (QED) is 0.614. The number of hydrogen-bond donors (Lipinski definition) is 2. The highest BCUT2D eigenvalue weighted by atomic mass is 16.2. The monoisotopic (exact) mass is 442 g/mol. The van der Waals surface area contributed by atoms with E-state index in [2.05, 4.69) is 15.6 Å². The van der Waals surface area contributed by atoms with Crippen LogP contribution in [-0.4, -0.2) is 53.3 Å². The van der Waals surface area contributed by atoms with E-state index in [1.807, 2.05) is 42.5 Å². The summed E-state index contributed by atoms with van der Waals surface area (Å²) in [6.45, 7) is 1.06. The molecule has 4 rings (SSSR count). The lowest BCUT2D eigenvalue weighted by Gasteiger charge is -2.32. The van der Waals surface area contributed by atoms with Gasteiger partial charge in [-0.15, -0.1) is 0 Å². The summed E-state index contributed by atoms with van der Waals surface area (Å²) in [5.74, 6) is -0.543. The predicted octanol–water partition coefficient (Wildman–Crippen LogP) is 2.90. The van der Waals surface area contributed by atoms with Crippen molar-refractivity contribution in [2.45, 2.75) is 18.9 Å². The second-order valence-electron chi connectivity index (χ2n) is 8.00. The Morgan fingerprint density at radius 1 is 0.818 bits per heavy atom. The largest absolute Gasteiger partial charge is 0.352 e. The molecule has 0 radical (unpaired) electrons. The molecule has 0 bridgehead atoms. The number of benzene rings is 2. The molecule has 1 aliphatic heterocycles. The van der Waals surface area contributed by atoms with Crippen LogP contribution in [-0.2, 0) is 4.79 Å². The molecule has 33 heavy (non-hydrogen) atoms. The second kappa shape index (κ2) is 10.5. The molecule has 1 aromatic heterocycles. The summed E-state index contributed by atoms with van der Waals surface area (Å²) in [6.07, 6.45) is 4.56. The Morgan fingerprint density at radius 3 is 2.12 bits per heavy atom. The number of carbonyl (C=O) groups excluding carboxylic acids is 3. The fraction of sp³-hybridized carbons (Fsp3) is 0.231. The molecular formula is C26H26N4O3. The van der Waals surface area contributed by atoms with E-state index in [9.17, 15) is 14.4 Å². The van der Waals surface area contributed by atoms with Crippen LogP contribution >= 0.6 is 0 Å². The van der Waals surface area contributed by atoms with Crippen LogP contribution in [0.1, 0.15) is 33.6 Å². The van der Waals surface area contributed by atoms with Crippen molar-refractivity contribution in [1.82, 2.24) is 20.5 Å². The van der Waals surface area contributed by atoms with Gasteiger partial charge in [-0.3, -0.25) is 19.4 Å². The first kappa shape index (κ1) is 22.2. The minimum Gasteiger partial charge on any atom is -0.352 e. The van der Waals surface area contributed by atoms with E-state index >= 15 is 0 Å². The van der Waals surface area contributed by atoms with Crippen LogP contribution in [0.3, 0.4) is 0 Å². The molecule has 7 heteroatoms. The number of nitrogens with one attached hydrogen (secondary N) is 2. The molecule has 0 saturated carbocycles. The van der Waals surface area contributed by atoms with Crippen molar-refractivity contribution in [2.24, 2.45) is 0 Å². The standard InChI is InChI=1S/C26H26N4O3/c31-24(29-23-12-16-30(17-13-23)26(33)22-10-14-27-15-11-22)18-28-25(32)21-8-6-20(7-9-21)19-4-2-1-3-5-19/h1-11,14-15,23H,12-13,16-18H2,(H,28,32)(H,29,31). The molecule has 0 aliphatic carbocycles. The van der Waals surface area contributed by atoms with Gasteiger partial charge in [-0.2, -0.15) is 0 Å². The lowest BCUT2D eigenvalue weighted by molar-refractivity contribution is -0.121. The van der Waals surface area contributed by atoms with Crippen LogP contribution < -0.4 is 10.6 Å². The second-order valence-corrected chi connectivity index (χ2v) is 8.00. The lowest BCUT2D eigenvalue weighted by Crippen LogP contribution is -2.48. The van der Waals surface area contributed by atoms with Crippen molar-refractivity contribution in [3.05, 3.63) is 90.3 Å². The minimum atomic E-state index is -0.289. The van der Waals surface area contributed by atoms with Crippen molar-refractivity contribution in [3.63, 3.8) is 0 Å². The summed E-state index contributed by atoms with van der Waals surface area (Å²) >= 11 is 0. The molecule has 3 amide bonds. The van der Waals surface area contributed by atoms with E-state index in [1.54, 1.807) is 41.6 Å². The number of pyridine rings is 1. The van der Waals surface area contributed by atoms with Gasteiger partial charge in [0, 0.05) is 42.7 Å². The van der Waals surface area contributed by atoms with E-state index in [0.717, 1.165) is 11.1 Å². The number of hydrogen-bond acceptors (Lipinski definition) is 4. The van der Waals surface area contributed by atoms with Gasteiger partial charge in [0.25, 0.3) is 11.8 Å². The topological polar surface area (TPSA) is 91.4 Å². The fourth-order valence-electron chi connectivity index (χ4n) is 3.89. The van der Waals surface area contributed by atoms with E-state index < -0.39 is 0 Å². The van der Waals surface area contributed by atoms with Gasteiger partial charge < -0.3 is 15.5 Å². The van der Waals surface area contributed by atoms with Gasteiger partial charge in [0.05, 0.1) is 6.54 Å². The van der Waals surface area contributed by atoms with Crippen LogP contribution in [0.25, 0.3) is 11.1 Å². The number of nitrogens with zero attached hydrogens (tertiary/aromatic N) is 2. The Labute approximate surface area is 192 Å². The SMILES string of the molecule is O=C(CNC(=O)c1ccc(-c2ccccc2)cc1)NC1CCN(C(=O)c2ccncc2)CC1. The smallest absolute Gasteiger partial charge is 0.253 e. The zero-order valence-corrected chi connectivity index (χ0v) is 18.2. The highest BCUT2D eigenvalue weighted by molar-refractivity contribution is 5.97. The van der Waals surface area contributed by atoms with Crippen molar-refractivity contribution in [3.8, 4) is 11.1 Å². The first-order valence-corrected chi connectivity index (χ1v) is 11.0. The summed E-state index contributed by atoms with van der Waals surface area (Å²) in [5.41, 5.74) is 3.23. The number of aromatic nitrogens is 1. The van der Waals surface area contributed by atoms with Crippen molar-refractivity contribution < 1.29 is 14.4 Å². The summed E-state index contributed by atoms with van der Waals surface area (Å²) < 4.78 is 0. The molecule has 2 aromatic carbocycles. The molecule has 168 valence electrons. The highest BCUT2D eigenvalue weighted by Gasteiger charge is 2.24. The molecule has 2 N–H and O–H groups in total. The summed E-state index contributed by atoms with van der Waals surface area (Å²) in [7, 11) is 0. The van der Waals surface area contributed by atoms with E-state index in [-0.39, 0.29) is 30.3 Å². The fourth-order valence-corrected chi connectivity index (χ4v) is 3.89. The van der Waals surface area contributed by atoms with E-state index in [0.29, 0.717) is 37.1 Å². The van der Waals surface area contributed by atoms with Gasteiger partial charge in [-0.25, -0.2) is 0 Å². The Morgan fingerprint density at radius 2 is 1.45 bits per heavy atom. The third-order valence-corrected chi connectivity index (χ3v) is 5.74. The first-order chi connectivity index (χ1) is 16.1. The maximum absolute atomic E-state index is 12.5. The van der Waals surface area contributed by atoms with Crippen molar-refractivity contribution in [1.29, 1.82) is 0 Å². The molecule has 1 fully saturated rings. The molecule has 1 saturated heterocycles. The summed E-state index contributed by atoms with van der Waals surface area (Å²) in [6, 6.07) is 20.6. The first-order valence-electron chi connectivity index (χ1n) is 11.0. The molecule has 1 aliphatic rings. The maximum Gasteiger partial charge on any atom is 0.253 e. The Kier molecular flexibility index (Phi) is 7.09. The molecule has 0 atom stereocenters. The van der Waals surface area contributed by atoms with Gasteiger partial charge >= 0.3 is 0 Å². The highest BCUT2D eigenvalue weighted by Crippen LogP contribution is 2.19.